The van der Waals surface area contributed by atoms with E-state index in [1.54, 1.807) is 12.1 Å². The van der Waals surface area contributed by atoms with E-state index in [2.05, 4.69) is 18.7 Å². The van der Waals surface area contributed by atoms with Crippen molar-refractivity contribution in [3.05, 3.63) is 33.9 Å². The van der Waals surface area contributed by atoms with Crippen LogP contribution in [0.3, 0.4) is 0 Å². The summed E-state index contributed by atoms with van der Waals surface area (Å²) in [6.45, 7) is 5.48. The molecule has 1 unspecified atom stereocenters. The minimum absolute atomic E-state index is 0.207. The van der Waals surface area contributed by atoms with Gasteiger partial charge in [-0.15, -0.1) is 0 Å². The van der Waals surface area contributed by atoms with Gasteiger partial charge in [-0.2, -0.15) is 0 Å². The van der Waals surface area contributed by atoms with Gasteiger partial charge in [0.05, 0.1) is 4.92 Å². The summed E-state index contributed by atoms with van der Waals surface area (Å²) in [4.78, 5) is 12.9. The molecule has 0 fully saturated rings. The highest BCUT2D eigenvalue weighted by Gasteiger charge is 2.26. The summed E-state index contributed by atoms with van der Waals surface area (Å²) in [5, 5.41) is 10.8. The molecule has 0 saturated carbocycles. The Labute approximate surface area is 114 Å². The molecule has 104 valence electrons. The zero-order valence-electron chi connectivity index (χ0n) is 11.8. The van der Waals surface area contributed by atoms with Gasteiger partial charge in [-0.3, -0.25) is 10.1 Å². The van der Waals surface area contributed by atoms with E-state index in [0.717, 1.165) is 18.5 Å². The van der Waals surface area contributed by atoms with Crippen molar-refractivity contribution in [3.63, 3.8) is 0 Å². The molecule has 1 aliphatic rings. The lowest BCUT2D eigenvalue weighted by Crippen LogP contribution is -2.30. The molecule has 19 heavy (non-hydrogen) atoms. The molecule has 4 nitrogen and oxygen atoms in total. The highest BCUT2D eigenvalue weighted by Crippen LogP contribution is 2.34. The second-order valence-electron chi connectivity index (χ2n) is 5.38. The Balaban J connectivity index is 2.06. The van der Waals surface area contributed by atoms with Crippen LogP contribution in [0.4, 0.5) is 11.4 Å². The number of hydrogen-bond acceptors (Lipinski definition) is 3. The lowest BCUT2D eigenvalue weighted by atomic mass is 10.1. The van der Waals surface area contributed by atoms with Crippen molar-refractivity contribution in [3.8, 4) is 0 Å². The van der Waals surface area contributed by atoms with Crippen molar-refractivity contribution >= 4 is 11.4 Å². The molecule has 0 bridgehead atoms. The summed E-state index contributed by atoms with van der Waals surface area (Å²) >= 11 is 0. The first kappa shape index (κ1) is 13.8. The normalized spacial score (nSPS) is 17.6. The lowest BCUT2D eigenvalue weighted by Gasteiger charge is -2.24. The van der Waals surface area contributed by atoms with Gasteiger partial charge in [-0.05, 0) is 31.4 Å². The highest BCUT2D eigenvalue weighted by molar-refractivity contribution is 5.62. The molecule has 1 aromatic carbocycles. The van der Waals surface area contributed by atoms with Crippen LogP contribution in [0.5, 0.6) is 0 Å². The van der Waals surface area contributed by atoms with Gasteiger partial charge in [0.1, 0.15) is 0 Å². The van der Waals surface area contributed by atoms with Crippen molar-refractivity contribution in [1.82, 2.24) is 0 Å². The number of nitrogens with zero attached hydrogens (tertiary/aromatic N) is 2. The average Bonchev–Trinajstić information content (AvgIpc) is 2.69. The fraction of sp³-hybridized carbons (Fsp3) is 0.600. The molecule has 4 heteroatoms. The molecule has 0 N–H and O–H groups in total. The Morgan fingerprint density at radius 1 is 1.37 bits per heavy atom. The molecule has 1 aromatic rings. The summed E-state index contributed by atoms with van der Waals surface area (Å²) < 4.78 is 0. The van der Waals surface area contributed by atoms with E-state index in [1.165, 1.54) is 31.4 Å². The molecule has 0 amide bonds. The summed E-state index contributed by atoms with van der Waals surface area (Å²) in [6, 6.07) is 5.73. The van der Waals surface area contributed by atoms with E-state index in [-0.39, 0.29) is 10.6 Å². The average molecular weight is 262 g/mol. The minimum atomic E-state index is -0.311. The van der Waals surface area contributed by atoms with Crippen LogP contribution in [0.25, 0.3) is 0 Å². The van der Waals surface area contributed by atoms with Crippen LogP contribution in [0.2, 0.25) is 0 Å². The van der Waals surface area contributed by atoms with Crippen LogP contribution in [0, 0.1) is 10.1 Å². The third-order valence-corrected chi connectivity index (χ3v) is 3.88. The van der Waals surface area contributed by atoms with Gasteiger partial charge < -0.3 is 4.90 Å². The fourth-order valence-electron chi connectivity index (χ4n) is 2.84. The Bertz CT molecular complexity index is 459. The van der Waals surface area contributed by atoms with Crippen molar-refractivity contribution in [2.45, 2.75) is 52.0 Å². The van der Waals surface area contributed by atoms with Crippen LogP contribution in [0.15, 0.2) is 18.2 Å². The maximum Gasteiger partial charge on any atom is 0.269 e. The van der Waals surface area contributed by atoms with Gasteiger partial charge in [0.2, 0.25) is 0 Å². The molecule has 0 aromatic heterocycles. The zero-order chi connectivity index (χ0) is 13.8. The van der Waals surface area contributed by atoms with Gasteiger partial charge in [0.25, 0.3) is 5.69 Å². The van der Waals surface area contributed by atoms with Crippen LogP contribution in [-0.2, 0) is 6.42 Å². The van der Waals surface area contributed by atoms with Crippen molar-refractivity contribution in [1.29, 1.82) is 0 Å². The topological polar surface area (TPSA) is 46.4 Å². The second kappa shape index (κ2) is 6.04. The Kier molecular flexibility index (Phi) is 4.40. The predicted molar refractivity (Wildman–Crippen MR) is 77.8 cm³/mol. The van der Waals surface area contributed by atoms with Gasteiger partial charge in [0, 0.05) is 30.4 Å². The van der Waals surface area contributed by atoms with Crippen molar-refractivity contribution in [2.24, 2.45) is 0 Å². The molecule has 1 heterocycles. The quantitative estimate of drug-likeness (QED) is 0.443. The van der Waals surface area contributed by atoms with E-state index in [9.17, 15) is 10.1 Å². The number of fused-ring (bicyclic) bond motifs is 1. The molecule has 1 aliphatic heterocycles. The van der Waals surface area contributed by atoms with Crippen LogP contribution in [0.1, 0.15) is 45.1 Å². The lowest BCUT2D eigenvalue weighted by molar-refractivity contribution is -0.384. The van der Waals surface area contributed by atoms with Gasteiger partial charge >= 0.3 is 0 Å². The van der Waals surface area contributed by atoms with Crippen molar-refractivity contribution < 1.29 is 4.92 Å². The Morgan fingerprint density at radius 3 is 2.84 bits per heavy atom. The van der Waals surface area contributed by atoms with Crippen LogP contribution in [-0.4, -0.2) is 17.5 Å². The summed E-state index contributed by atoms with van der Waals surface area (Å²) in [5.41, 5.74) is 2.52. The molecule has 0 saturated heterocycles. The number of nitro benzene ring substituents is 1. The molecular weight excluding hydrogens is 240 g/mol. The molecule has 2 rings (SSSR count). The van der Waals surface area contributed by atoms with Crippen molar-refractivity contribution in [2.75, 3.05) is 11.4 Å². The largest absolute Gasteiger partial charge is 0.368 e. The SMILES string of the molecule is CCCCCCN1c2ccc([N+](=O)[O-])cc2CC1C. The first-order chi connectivity index (χ1) is 9.13. The van der Waals surface area contributed by atoms with E-state index in [0.29, 0.717) is 6.04 Å². The zero-order valence-corrected chi connectivity index (χ0v) is 11.8. The smallest absolute Gasteiger partial charge is 0.269 e. The first-order valence-corrected chi connectivity index (χ1v) is 7.17. The third-order valence-electron chi connectivity index (χ3n) is 3.88. The first-order valence-electron chi connectivity index (χ1n) is 7.17. The van der Waals surface area contributed by atoms with E-state index in [4.69, 9.17) is 0 Å². The summed E-state index contributed by atoms with van der Waals surface area (Å²) in [6.07, 6.45) is 5.93. The molecule has 0 spiro atoms. The fourth-order valence-corrected chi connectivity index (χ4v) is 2.84. The Hall–Kier alpha value is -1.58. The van der Waals surface area contributed by atoms with E-state index < -0.39 is 0 Å². The minimum Gasteiger partial charge on any atom is -0.368 e. The number of rotatable bonds is 6. The monoisotopic (exact) mass is 262 g/mol. The highest BCUT2D eigenvalue weighted by atomic mass is 16.6. The maximum absolute atomic E-state index is 10.8. The second-order valence-corrected chi connectivity index (χ2v) is 5.38. The molecular formula is C15H22N2O2. The number of benzene rings is 1. The van der Waals surface area contributed by atoms with Gasteiger partial charge in [-0.1, -0.05) is 26.2 Å². The van der Waals surface area contributed by atoms with Gasteiger partial charge in [-0.25, -0.2) is 0 Å². The standard InChI is InChI=1S/C15H22N2O2/c1-3-4-5-6-9-16-12(2)10-13-11-14(17(18)19)7-8-15(13)16/h7-8,11-12H,3-6,9-10H2,1-2H3. The van der Waals surface area contributed by atoms with Gasteiger partial charge in [0.15, 0.2) is 0 Å². The number of hydrogen-bond donors (Lipinski definition) is 0. The number of nitro groups is 1. The third kappa shape index (κ3) is 3.06. The molecule has 0 radical (unpaired) electrons. The van der Waals surface area contributed by atoms with E-state index in [1.807, 2.05) is 6.07 Å². The van der Waals surface area contributed by atoms with E-state index >= 15 is 0 Å². The molecule has 1 atom stereocenters. The summed E-state index contributed by atoms with van der Waals surface area (Å²) in [5.74, 6) is 0. The maximum atomic E-state index is 10.8. The number of non-ortho nitro benzene ring substituents is 1. The number of unbranched alkanes of at least 4 members (excludes halogenated alkanes) is 3. The molecule has 0 aliphatic carbocycles. The predicted octanol–water partition coefficient (Wildman–Crippen LogP) is 3.93. The van der Waals surface area contributed by atoms with Crippen LogP contribution < -0.4 is 4.90 Å². The number of anilines is 1. The summed E-state index contributed by atoms with van der Waals surface area (Å²) in [7, 11) is 0. The Morgan fingerprint density at radius 2 is 2.16 bits per heavy atom. The van der Waals surface area contributed by atoms with Crippen LogP contribution >= 0.6 is 0 Å².